The van der Waals surface area contributed by atoms with Crippen molar-refractivity contribution in [1.29, 1.82) is 0 Å². The van der Waals surface area contributed by atoms with Crippen LogP contribution < -0.4 is 10.1 Å². The maximum atomic E-state index is 11.8. The highest BCUT2D eigenvalue weighted by atomic mass is 16.5. The zero-order valence-electron chi connectivity index (χ0n) is 10.2. The van der Waals surface area contributed by atoms with Crippen LogP contribution in [0.5, 0.6) is 5.75 Å². The van der Waals surface area contributed by atoms with Crippen LogP contribution in [0.3, 0.4) is 0 Å². The Kier molecular flexibility index (Phi) is 3.62. The molecule has 1 N–H and O–H groups in total. The molecule has 0 spiro atoms. The Hall–Kier alpha value is -2.30. The molecule has 0 aliphatic rings. The molecule has 5 heteroatoms. The van der Waals surface area contributed by atoms with Crippen LogP contribution in [0.2, 0.25) is 0 Å². The first-order chi connectivity index (χ1) is 8.65. The van der Waals surface area contributed by atoms with Crippen LogP contribution >= 0.6 is 0 Å². The minimum Gasteiger partial charge on any atom is -0.481 e. The van der Waals surface area contributed by atoms with E-state index in [4.69, 9.17) is 4.74 Å². The highest BCUT2D eigenvalue weighted by molar-refractivity contribution is 5.93. The molecule has 2 aromatic rings. The largest absolute Gasteiger partial charge is 0.481 e. The number of carbonyl (C=O) groups is 1. The monoisotopic (exact) mass is 246 g/mol. The van der Waals surface area contributed by atoms with Gasteiger partial charge in [0.05, 0.1) is 0 Å². The standard InChI is InChI=1S/C13H14N2O3/c1-9-3-5-11(6-4-9)18-10(2)13(16)14-12-7-8-17-15-12/h3-8,10H,1-2H3,(H,14,15,16)/t10-/m0/s1. The Morgan fingerprint density at radius 3 is 2.67 bits per heavy atom. The highest BCUT2D eigenvalue weighted by Crippen LogP contribution is 2.14. The van der Waals surface area contributed by atoms with E-state index < -0.39 is 6.10 Å². The molecule has 1 heterocycles. The van der Waals surface area contributed by atoms with Gasteiger partial charge in [-0.1, -0.05) is 22.9 Å². The van der Waals surface area contributed by atoms with Gasteiger partial charge in [-0.3, -0.25) is 4.79 Å². The van der Waals surface area contributed by atoms with Gasteiger partial charge in [-0.25, -0.2) is 0 Å². The molecule has 1 aromatic carbocycles. The van der Waals surface area contributed by atoms with Gasteiger partial charge in [0.1, 0.15) is 12.0 Å². The van der Waals surface area contributed by atoms with Gasteiger partial charge >= 0.3 is 0 Å². The number of carbonyl (C=O) groups excluding carboxylic acids is 1. The molecule has 2 rings (SSSR count). The smallest absolute Gasteiger partial charge is 0.266 e. The van der Waals surface area contributed by atoms with Gasteiger partial charge in [0, 0.05) is 6.07 Å². The second kappa shape index (κ2) is 5.35. The molecule has 0 aliphatic carbocycles. The molecule has 0 fully saturated rings. The molecule has 1 aromatic heterocycles. The summed E-state index contributed by atoms with van der Waals surface area (Å²) in [4.78, 5) is 11.8. The van der Waals surface area contributed by atoms with E-state index in [1.165, 1.54) is 6.26 Å². The molecule has 0 saturated carbocycles. The van der Waals surface area contributed by atoms with Gasteiger partial charge in [0.25, 0.3) is 5.91 Å². The number of anilines is 1. The van der Waals surface area contributed by atoms with Crippen molar-refractivity contribution in [3.63, 3.8) is 0 Å². The molecule has 1 atom stereocenters. The molecule has 1 amide bonds. The van der Waals surface area contributed by atoms with Crippen LogP contribution in [0, 0.1) is 6.92 Å². The van der Waals surface area contributed by atoms with Crippen molar-refractivity contribution < 1.29 is 14.1 Å². The number of hydrogen-bond donors (Lipinski definition) is 1. The third-order valence-electron chi connectivity index (χ3n) is 2.39. The fourth-order valence-corrected chi connectivity index (χ4v) is 1.38. The van der Waals surface area contributed by atoms with Crippen LogP contribution in [0.4, 0.5) is 5.82 Å². The summed E-state index contributed by atoms with van der Waals surface area (Å²) < 4.78 is 10.1. The first-order valence-electron chi connectivity index (χ1n) is 5.60. The van der Waals surface area contributed by atoms with E-state index in [1.54, 1.807) is 13.0 Å². The number of ether oxygens (including phenoxy) is 1. The Bertz CT molecular complexity index is 506. The fourth-order valence-electron chi connectivity index (χ4n) is 1.38. The number of nitrogens with one attached hydrogen (secondary N) is 1. The maximum Gasteiger partial charge on any atom is 0.266 e. The molecule has 0 bridgehead atoms. The molecule has 0 unspecified atom stereocenters. The number of rotatable bonds is 4. The second-order valence-electron chi connectivity index (χ2n) is 3.95. The van der Waals surface area contributed by atoms with E-state index in [0.717, 1.165) is 5.56 Å². The summed E-state index contributed by atoms with van der Waals surface area (Å²) >= 11 is 0. The molecule has 18 heavy (non-hydrogen) atoms. The Morgan fingerprint density at radius 1 is 1.33 bits per heavy atom. The van der Waals surface area contributed by atoms with E-state index >= 15 is 0 Å². The van der Waals surface area contributed by atoms with Crippen molar-refractivity contribution in [2.24, 2.45) is 0 Å². The van der Waals surface area contributed by atoms with E-state index in [2.05, 4.69) is 15.0 Å². The van der Waals surface area contributed by atoms with Crippen molar-refractivity contribution in [3.05, 3.63) is 42.2 Å². The normalized spacial score (nSPS) is 11.9. The van der Waals surface area contributed by atoms with Crippen molar-refractivity contribution in [1.82, 2.24) is 5.16 Å². The molecular weight excluding hydrogens is 232 g/mol. The maximum absolute atomic E-state index is 11.8. The summed E-state index contributed by atoms with van der Waals surface area (Å²) in [6, 6.07) is 9.08. The highest BCUT2D eigenvalue weighted by Gasteiger charge is 2.15. The zero-order chi connectivity index (χ0) is 13.0. The summed E-state index contributed by atoms with van der Waals surface area (Å²) in [5, 5.41) is 6.18. The van der Waals surface area contributed by atoms with E-state index in [9.17, 15) is 4.79 Å². The average molecular weight is 246 g/mol. The Morgan fingerprint density at radius 2 is 2.06 bits per heavy atom. The number of benzene rings is 1. The fraction of sp³-hybridized carbons (Fsp3) is 0.231. The lowest BCUT2D eigenvalue weighted by molar-refractivity contribution is -0.122. The SMILES string of the molecule is Cc1ccc(O[C@@H](C)C(=O)Nc2ccon2)cc1. The number of amides is 1. The quantitative estimate of drug-likeness (QED) is 0.899. The zero-order valence-corrected chi connectivity index (χ0v) is 10.2. The molecule has 5 nitrogen and oxygen atoms in total. The molecule has 94 valence electrons. The predicted molar refractivity (Wildman–Crippen MR) is 66.4 cm³/mol. The molecular formula is C13H14N2O3. The summed E-state index contributed by atoms with van der Waals surface area (Å²) in [5.74, 6) is 0.757. The van der Waals surface area contributed by atoms with Crippen LogP contribution in [0.15, 0.2) is 41.1 Å². The van der Waals surface area contributed by atoms with Gasteiger partial charge in [-0.15, -0.1) is 0 Å². The lowest BCUT2D eigenvalue weighted by Gasteiger charge is -2.13. The first kappa shape index (κ1) is 12.2. The van der Waals surface area contributed by atoms with Gasteiger partial charge in [0.2, 0.25) is 0 Å². The third-order valence-corrected chi connectivity index (χ3v) is 2.39. The minimum atomic E-state index is -0.607. The van der Waals surface area contributed by atoms with Crippen molar-refractivity contribution in [2.75, 3.05) is 5.32 Å². The lowest BCUT2D eigenvalue weighted by atomic mass is 10.2. The minimum absolute atomic E-state index is 0.274. The van der Waals surface area contributed by atoms with E-state index in [0.29, 0.717) is 11.6 Å². The van der Waals surface area contributed by atoms with Crippen LogP contribution in [-0.2, 0) is 4.79 Å². The summed E-state index contributed by atoms with van der Waals surface area (Å²) in [7, 11) is 0. The van der Waals surface area contributed by atoms with Crippen molar-refractivity contribution >= 4 is 11.7 Å². The second-order valence-corrected chi connectivity index (χ2v) is 3.95. The van der Waals surface area contributed by atoms with Crippen molar-refractivity contribution in [2.45, 2.75) is 20.0 Å². The third kappa shape index (κ3) is 3.10. The summed E-state index contributed by atoms with van der Waals surface area (Å²) in [6.45, 7) is 3.67. The number of aryl methyl sites for hydroxylation is 1. The number of nitrogens with zero attached hydrogens (tertiary/aromatic N) is 1. The summed E-state index contributed by atoms with van der Waals surface area (Å²) in [6.07, 6.45) is 0.783. The van der Waals surface area contributed by atoms with Gasteiger partial charge in [0.15, 0.2) is 11.9 Å². The molecule has 0 saturated heterocycles. The lowest BCUT2D eigenvalue weighted by Crippen LogP contribution is -2.30. The Balaban J connectivity index is 1.93. The van der Waals surface area contributed by atoms with E-state index in [-0.39, 0.29) is 5.91 Å². The van der Waals surface area contributed by atoms with Gasteiger partial charge in [-0.05, 0) is 26.0 Å². The van der Waals surface area contributed by atoms with Crippen LogP contribution in [-0.4, -0.2) is 17.2 Å². The average Bonchev–Trinajstić information content (AvgIpc) is 2.85. The molecule has 0 aliphatic heterocycles. The number of hydrogen-bond acceptors (Lipinski definition) is 4. The van der Waals surface area contributed by atoms with Crippen LogP contribution in [0.25, 0.3) is 0 Å². The molecule has 0 radical (unpaired) electrons. The topological polar surface area (TPSA) is 64.4 Å². The van der Waals surface area contributed by atoms with E-state index in [1.807, 2.05) is 31.2 Å². The first-order valence-corrected chi connectivity index (χ1v) is 5.60. The van der Waals surface area contributed by atoms with Gasteiger partial charge < -0.3 is 14.6 Å². The number of aromatic nitrogens is 1. The van der Waals surface area contributed by atoms with Crippen molar-refractivity contribution in [3.8, 4) is 5.75 Å². The van der Waals surface area contributed by atoms with Gasteiger partial charge in [-0.2, -0.15) is 0 Å². The Labute approximate surface area is 105 Å². The summed E-state index contributed by atoms with van der Waals surface area (Å²) in [5.41, 5.74) is 1.14. The predicted octanol–water partition coefficient (Wildman–Crippen LogP) is 2.39. The van der Waals surface area contributed by atoms with Crippen LogP contribution in [0.1, 0.15) is 12.5 Å².